The number of methoxy groups -OCH3 is 1. The maximum atomic E-state index is 13.4. The minimum atomic E-state index is -0.257. The van der Waals surface area contributed by atoms with Gasteiger partial charge in [-0.15, -0.1) is 0 Å². The molecule has 1 aliphatic heterocycles. The fraction of sp³-hybridized carbons (Fsp3) is 0.640. The van der Waals surface area contributed by atoms with Gasteiger partial charge in [0.1, 0.15) is 12.4 Å². The number of hydrogen-bond donors (Lipinski definition) is 1. The van der Waals surface area contributed by atoms with E-state index >= 15 is 0 Å². The van der Waals surface area contributed by atoms with Crippen molar-refractivity contribution in [1.29, 1.82) is 0 Å². The van der Waals surface area contributed by atoms with Gasteiger partial charge in [0.2, 0.25) is 11.8 Å². The van der Waals surface area contributed by atoms with E-state index in [9.17, 15) is 14.4 Å². The van der Waals surface area contributed by atoms with Crippen molar-refractivity contribution in [2.75, 3.05) is 59.8 Å². The zero-order valence-electron chi connectivity index (χ0n) is 21.6. The lowest BCUT2D eigenvalue weighted by Crippen LogP contribution is -2.50. The van der Waals surface area contributed by atoms with E-state index in [2.05, 4.69) is 5.32 Å². The number of ether oxygens (including phenoxy) is 2. The van der Waals surface area contributed by atoms with Crippen molar-refractivity contribution in [3.63, 3.8) is 0 Å². The first-order valence-corrected chi connectivity index (χ1v) is 11.9. The Morgan fingerprint density at radius 1 is 1.24 bits per heavy atom. The molecule has 1 heterocycles. The molecule has 0 aliphatic carbocycles. The quantitative estimate of drug-likeness (QED) is 0.678. The molecule has 190 valence electrons. The van der Waals surface area contributed by atoms with Crippen molar-refractivity contribution < 1.29 is 23.9 Å². The summed E-state index contributed by atoms with van der Waals surface area (Å²) in [6.07, 6.45) is 0.884. The molecule has 0 saturated carbocycles. The predicted molar refractivity (Wildman–Crippen MR) is 132 cm³/mol. The number of carbonyl (C=O) groups excluding carboxylic acids is 3. The van der Waals surface area contributed by atoms with E-state index in [1.54, 1.807) is 37.3 Å². The zero-order valence-corrected chi connectivity index (χ0v) is 21.6. The molecule has 0 bridgehead atoms. The van der Waals surface area contributed by atoms with Crippen LogP contribution < -0.4 is 10.1 Å². The van der Waals surface area contributed by atoms with Crippen LogP contribution in [0.1, 0.15) is 44.0 Å². The van der Waals surface area contributed by atoms with Gasteiger partial charge in [-0.25, -0.2) is 0 Å². The highest BCUT2D eigenvalue weighted by Crippen LogP contribution is 2.26. The van der Waals surface area contributed by atoms with Crippen LogP contribution in [0.3, 0.4) is 0 Å². The summed E-state index contributed by atoms with van der Waals surface area (Å²) in [5, 5.41) is 2.84. The Balaban J connectivity index is 2.42. The van der Waals surface area contributed by atoms with Gasteiger partial charge in [0.25, 0.3) is 5.91 Å². The Morgan fingerprint density at radius 2 is 1.94 bits per heavy atom. The van der Waals surface area contributed by atoms with Gasteiger partial charge in [-0.3, -0.25) is 14.4 Å². The molecule has 9 heteroatoms. The molecule has 3 amide bonds. The molecule has 0 spiro atoms. The number of nitrogens with zero attached hydrogens (tertiary/aromatic N) is 3. The summed E-state index contributed by atoms with van der Waals surface area (Å²) >= 11 is 0. The molecule has 1 aromatic carbocycles. The van der Waals surface area contributed by atoms with Gasteiger partial charge in [-0.1, -0.05) is 13.8 Å². The smallest absolute Gasteiger partial charge is 0.257 e. The van der Waals surface area contributed by atoms with Gasteiger partial charge in [0.15, 0.2) is 0 Å². The Bertz CT molecular complexity index is 860. The van der Waals surface area contributed by atoms with Crippen molar-refractivity contribution in [1.82, 2.24) is 14.7 Å². The van der Waals surface area contributed by atoms with Crippen LogP contribution in [-0.4, -0.2) is 99.1 Å². The standard InChI is InChI=1S/C25H40N4O5/c1-8-9-23(30)26-19-10-11-21-20(12-19)25(32)28(6)14-22(33-7)17(2)13-29(18(3)16-34-21)24(31)15-27(4)5/h10-12,17-18,22H,8-9,13-16H2,1-7H3,(H,26,30)/t17-,18-,22-/m0/s1. The second-order valence-electron chi connectivity index (χ2n) is 9.39. The summed E-state index contributed by atoms with van der Waals surface area (Å²) < 4.78 is 11.8. The molecule has 1 N–H and O–H groups in total. The number of nitrogens with one attached hydrogen (secondary N) is 1. The topological polar surface area (TPSA) is 91.4 Å². The highest BCUT2D eigenvalue weighted by molar-refractivity contribution is 5.99. The first kappa shape index (κ1) is 27.6. The van der Waals surface area contributed by atoms with E-state index in [1.807, 2.05) is 44.7 Å². The fourth-order valence-electron chi connectivity index (χ4n) is 4.01. The monoisotopic (exact) mass is 476 g/mol. The van der Waals surface area contributed by atoms with Crippen LogP contribution in [-0.2, 0) is 14.3 Å². The van der Waals surface area contributed by atoms with Crippen LogP contribution in [0, 0.1) is 5.92 Å². The lowest BCUT2D eigenvalue weighted by atomic mass is 10.0. The van der Waals surface area contributed by atoms with Crippen LogP contribution in [0.5, 0.6) is 5.75 Å². The van der Waals surface area contributed by atoms with E-state index in [-0.39, 0.29) is 42.4 Å². The molecule has 3 atom stereocenters. The van der Waals surface area contributed by atoms with Gasteiger partial charge in [-0.2, -0.15) is 0 Å². The molecule has 0 radical (unpaired) electrons. The summed E-state index contributed by atoms with van der Waals surface area (Å²) in [6, 6.07) is 4.86. The molecular formula is C25H40N4O5. The van der Waals surface area contributed by atoms with E-state index in [4.69, 9.17) is 9.47 Å². The third-order valence-corrected chi connectivity index (χ3v) is 5.98. The Kier molecular flexibility index (Phi) is 10.3. The number of benzene rings is 1. The molecular weight excluding hydrogens is 436 g/mol. The Labute approximate surface area is 203 Å². The number of rotatable bonds is 6. The van der Waals surface area contributed by atoms with Crippen molar-refractivity contribution in [2.45, 2.75) is 45.8 Å². The van der Waals surface area contributed by atoms with Gasteiger partial charge < -0.3 is 29.5 Å². The average Bonchev–Trinajstić information content (AvgIpc) is 2.77. The Morgan fingerprint density at radius 3 is 2.56 bits per heavy atom. The molecule has 0 aromatic heterocycles. The Hall–Kier alpha value is -2.65. The van der Waals surface area contributed by atoms with Gasteiger partial charge in [0, 0.05) is 45.3 Å². The molecule has 9 nitrogen and oxygen atoms in total. The van der Waals surface area contributed by atoms with Gasteiger partial charge >= 0.3 is 0 Å². The van der Waals surface area contributed by atoms with Crippen molar-refractivity contribution in [3.8, 4) is 5.75 Å². The average molecular weight is 477 g/mol. The van der Waals surface area contributed by atoms with Crippen LogP contribution in [0.25, 0.3) is 0 Å². The van der Waals surface area contributed by atoms with Gasteiger partial charge in [0.05, 0.1) is 24.3 Å². The van der Waals surface area contributed by atoms with Crippen molar-refractivity contribution >= 4 is 23.4 Å². The van der Waals surface area contributed by atoms with Crippen LogP contribution in [0.15, 0.2) is 18.2 Å². The molecule has 1 aromatic rings. The maximum Gasteiger partial charge on any atom is 0.257 e. The van der Waals surface area contributed by atoms with E-state index in [0.29, 0.717) is 43.1 Å². The number of amides is 3. The molecule has 0 unspecified atom stereocenters. The number of anilines is 1. The lowest BCUT2D eigenvalue weighted by Gasteiger charge is -2.36. The molecule has 2 rings (SSSR count). The van der Waals surface area contributed by atoms with E-state index < -0.39 is 0 Å². The van der Waals surface area contributed by atoms with Gasteiger partial charge in [-0.05, 0) is 45.6 Å². The summed E-state index contributed by atoms with van der Waals surface area (Å²) in [5.74, 6) is 0.101. The predicted octanol–water partition coefficient (Wildman–Crippen LogP) is 2.32. The highest BCUT2D eigenvalue weighted by Gasteiger charge is 2.30. The normalized spacial score (nSPS) is 21.9. The number of fused-ring (bicyclic) bond motifs is 1. The molecule has 34 heavy (non-hydrogen) atoms. The molecule has 0 fully saturated rings. The minimum absolute atomic E-state index is 0.00706. The lowest BCUT2D eigenvalue weighted by molar-refractivity contribution is -0.136. The summed E-state index contributed by atoms with van der Waals surface area (Å²) in [4.78, 5) is 43.7. The second kappa shape index (κ2) is 12.7. The highest BCUT2D eigenvalue weighted by atomic mass is 16.5. The van der Waals surface area contributed by atoms with E-state index in [0.717, 1.165) is 6.42 Å². The summed E-state index contributed by atoms with van der Waals surface area (Å²) in [6.45, 7) is 7.28. The van der Waals surface area contributed by atoms with Crippen molar-refractivity contribution in [3.05, 3.63) is 23.8 Å². The van der Waals surface area contributed by atoms with Crippen molar-refractivity contribution in [2.24, 2.45) is 5.92 Å². The first-order chi connectivity index (χ1) is 16.1. The SMILES string of the molecule is CCCC(=O)Nc1ccc2c(c1)C(=O)N(C)C[C@H](OC)[C@@H](C)CN(C(=O)CN(C)C)[C@@H](C)CO2. The molecule has 1 aliphatic rings. The van der Waals surface area contributed by atoms with Crippen LogP contribution >= 0.6 is 0 Å². The minimum Gasteiger partial charge on any atom is -0.491 e. The summed E-state index contributed by atoms with van der Waals surface area (Å²) in [7, 11) is 7.07. The van der Waals surface area contributed by atoms with Crippen LogP contribution in [0.4, 0.5) is 5.69 Å². The third-order valence-electron chi connectivity index (χ3n) is 5.98. The zero-order chi connectivity index (χ0) is 25.4. The first-order valence-electron chi connectivity index (χ1n) is 11.9. The number of hydrogen-bond acceptors (Lipinski definition) is 6. The largest absolute Gasteiger partial charge is 0.491 e. The number of likely N-dealkylation sites (N-methyl/N-ethyl adjacent to an activating group) is 2. The third kappa shape index (κ3) is 7.43. The van der Waals surface area contributed by atoms with E-state index in [1.165, 1.54) is 0 Å². The fourth-order valence-corrected chi connectivity index (χ4v) is 4.01. The van der Waals surface area contributed by atoms with Crippen LogP contribution in [0.2, 0.25) is 0 Å². The maximum absolute atomic E-state index is 13.4. The second-order valence-corrected chi connectivity index (χ2v) is 9.39. The number of carbonyl (C=O) groups is 3. The summed E-state index contributed by atoms with van der Waals surface area (Å²) in [5.41, 5.74) is 0.903. The molecule has 0 saturated heterocycles.